The quantitative estimate of drug-likeness (QED) is 0.636. The summed E-state index contributed by atoms with van der Waals surface area (Å²) < 4.78 is 4.84. The SMILES string of the molecule is CCOC(=O)CNC(=O)N1CCN(c2ccc3cccc(-c4ccsc4)c3n2)CC1. The zero-order chi connectivity index (χ0) is 20.9. The van der Waals surface area contributed by atoms with Gasteiger partial charge in [-0.05, 0) is 41.4 Å². The van der Waals surface area contributed by atoms with Gasteiger partial charge in [0.2, 0.25) is 0 Å². The van der Waals surface area contributed by atoms with Gasteiger partial charge >= 0.3 is 12.0 Å². The van der Waals surface area contributed by atoms with Gasteiger partial charge in [-0.25, -0.2) is 9.78 Å². The number of carbonyl (C=O) groups is 2. The van der Waals surface area contributed by atoms with E-state index in [2.05, 4.69) is 51.3 Å². The van der Waals surface area contributed by atoms with Gasteiger partial charge in [0.25, 0.3) is 0 Å². The van der Waals surface area contributed by atoms with Crippen LogP contribution in [0.4, 0.5) is 10.6 Å². The number of pyridine rings is 1. The molecule has 0 spiro atoms. The van der Waals surface area contributed by atoms with Crippen molar-refractivity contribution in [3.05, 3.63) is 47.2 Å². The molecular weight excluding hydrogens is 400 g/mol. The van der Waals surface area contributed by atoms with E-state index in [0.717, 1.165) is 22.3 Å². The van der Waals surface area contributed by atoms with Crippen molar-refractivity contribution >= 4 is 40.1 Å². The van der Waals surface area contributed by atoms with Crippen LogP contribution in [-0.4, -0.2) is 61.2 Å². The van der Waals surface area contributed by atoms with E-state index < -0.39 is 5.97 Å². The lowest BCUT2D eigenvalue weighted by Gasteiger charge is -2.35. The van der Waals surface area contributed by atoms with Crippen LogP contribution in [0.1, 0.15) is 6.92 Å². The number of benzene rings is 1. The predicted molar refractivity (Wildman–Crippen MR) is 119 cm³/mol. The number of thiophene rings is 1. The molecule has 0 unspecified atom stereocenters. The Balaban J connectivity index is 1.43. The molecular formula is C22H24N4O3S. The van der Waals surface area contributed by atoms with Crippen LogP contribution in [0.15, 0.2) is 47.2 Å². The summed E-state index contributed by atoms with van der Waals surface area (Å²) in [6.45, 7) is 4.45. The number of para-hydroxylation sites is 1. The first-order valence-corrected chi connectivity index (χ1v) is 11.0. The first-order valence-electron chi connectivity index (χ1n) is 10.0. The molecule has 1 N–H and O–H groups in total. The Kier molecular flexibility index (Phi) is 6.13. The Hall–Kier alpha value is -3.13. The third kappa shape index (κ3) is 4.38. The molecule has 2 aromatic heterocycles. The van der Waals surface area contributed by atoms with Crippen LogP contribution in [0.5, 0.6) is 0 Å². The molecule has 0 saturated carbocycles. The maximum Gasteiger partial charge on any atom is 0.325 e. The van der Waals surface area contributed by atoms with Crippen molar-refractivity contribution in [1.82, 2.24) is 15.2 Å². The summed E-state index contributed by atoms with van der Waals surface area (Å²) >= 11 is 1.68. The molecule has 4 rings (SSSR count). The number of hydrogen-bond acceptors (Lipinski definition) is 6. The number of piperazine rings is 1. The summed E-state index contributed by atoms with van der Waals surface area (Å²) in [6, 6.07) is 12.3. The van der Waals surface area contributed by atoms with Gasteiger partial charge in [-0.2, -0.15) is 11.3 Å². The maximum absolute atomic E-state index is 12.3. The minimum Gasteiger partial charge on any atom is -0.465 e. The van der Waals surface area contributed by atoms with E-state index in [9.17, 15) is 9.59 Å². The van der Waals surface area contributed by atoms with Crippen LogP contribution in [0.25, 0.3) is 22.0 Å². The van der Waals surface area contributed by atoms with Gasteiger partial charge in [0, 0.05) is 37.1 Å². The van der Waals surface area contributed by atoms with Gasteiger partial charge in [-0.3, -0.25) is 4.79 Å². The molecule has 1 aliphatic heterocycles. The summed E-state index contributed by atoms with van der Waals surface area (Å²) in [5, 5.41) is 7.94. The Bertz CT molecular complexity index is 1030. The number of esters is 1. The molecule has 8 heteroatoms. The van der Waals surface area contributed by atoms with Crippen LogP contribution >= 0.6 is 11.3 Å². The minimum atomic E-state index is -0.425. The summed E-state index contributed by atoms with van der Waals surface area (Å²) in [7, 11) is 0. The first kappa shape index (κ1) is 20.2. The lowest BCUT2D eigenvalue weighted by molar-refractivity contribution is -0.141. The Morgan fingerprint density at radius 2 is 1.97 bits per heavy atom. The molecule has 3 aromatic rings. The number of nitrogens with zero attached hydrogens (tertiary/aromatic N) is 3. The largest absolute Gasteiger partial charge is 0.465 e. The summed E-state index contributed by atoms with van der Waals surface area (Å²) in [6.07, 6.45) is 0. The van der Waals surface area contributed by atoms with Crippen LogP contribution < -0.4 is 10.2 Å². The molecule has 1 fully saturated rings. The molecule has 1 aliphatic rings. The number of ether oxygens (including phenoxy) is 1. The first-order chi connectivity index (χ1) is 14.7. The zero-order valence-electron chi connectivity index (χ0n) is 16.8. The van der Waals surface area contributed by atoms with Crippen LogP contribution in [0.3, 0.4) is 0 Å². The highest BCUT2D eigenvalue weighted by Crippen LogP contribution is 2.30. The number of carbonyl (C=O) groups excluding carboxylic acids is 2. The monoisotopic (exact) mass is 424 g/mol. The van der Waals surface area contributed by atoms with Crippen LogP contribution in [-0.2, 0) is 9.53 Å². The highest BCUT2D eigenvalue weighted by molar-refractivity contribution is 7.08. The highest BCUT2D eigenvalue weighted by Gasteiger charge is 2.22. The summed E-state index contributed by atoms with van der Waals surface area (Å²) in [4.78, 5) is 32.6. The number of fused-ring (bicyclic) bond motifs is 1. The van der Waals surface area contributed by atoms with Crippen molar-refractivity contribution in [2.45, 2.75) is 6.92 Å². The second kappa shape index (κ2) is 9.13. The summed E-state index contributed by atoms with van der Waals surface area (Å²) in [5.74, 6) is 0.489. The van der Waals surface area contributed by atoms with E-state index in [-0.39, 0.29) is 12.6 Å². The Morgan fingerprint density at radius 3 is 2.70 bits per heavy atom. The third-order valence-electron chi connectivity index (χ3n) is 5.12. The smallest absolute Gasteiger partial charge is 0.325 e. The fourth-order valence-corrected chi connectivity index (χ4v) is 4.23. The van der Waals surface area contributed by atoms with E-state index in [0.29, 0.717) is 32.8 Å². The lowest BCUT2D eigenvalue weighted by Crippen LogP contribution is -2.52. The molecule has 30 heavy (non-hydrogen) atoms. The normalized spacial score (nSPS) is 14.0. The van der Waals surface area contributed by atoms with Crippen molar-refractivity contribution in [1.29, 1.82) is 0 Å². The van der Waals surface area contributed by atoms with E-state index in [1.165, 1.54) is 5.56 Å². The highest BCUT2D eigenvalue weighted by atomic mass is 32.1. The number of aromatic nitrogens is 1. The standard InChI is InChI=1S/C22H24N4O3S/c1-2-29-20(27)14-23-22(28)26-11-9-25(10-12-26)19-7-6-16-4-3-5-18(21(16)24-19)17-8-13-30-15-17/h3-8,13,15H,2,9-12,14H2,1H3,(H,23,28). The second-order valence-electron chi connectivity index (χ2n) is 7.00. The van der Waals surface area contributed by atoms with Crippen LogP contribution in [0.2, 0.25) is 0 Å². The number of rotatable bonds is 5. The van der Waals surface area contributed by atoms with Gasteiger partial charge in [0.1, 0.15) is 12.4 Å². The van der Waals surface area contributed by atoms with Crippen molar-refractivity contribution in [2.24, 2.45) is 0 Å². The van der Waals surface area contributed by atoms with Crippen LogP contribution in [0, 0.1) is 0 Å². The van der Waals surface area contributed by atoms with Gasteiger partial charge in [-0.1, -0.05) is 18.2 Å². The number of anilines is 1. The Morgan fingerprint density at radius 1 is 1.13 bits per heavy atom. The molecule has 0 atom stereocenters. The molecule has 7 nitrogen and oxygen atoms in total. The van der Waals surface area contributed by atoms with Gasteiger partial charge in [0.15, 0.2) is 0 Å². The molecule has 156 valence electrons. The lowest BCUT2D eigenvalue weighted by atomic mass is 10.0. The van der Waals surface area contributed by atoms with Gasteiger partial charge in [-0.15, -0.1) is 0 Å². The van der Waals surface area contributed by atoms with E-state index in [4.69, 9.17) is 9.72 Å². The average Bonchev–Trinajstić information content (AvgIpc) is 3.32. The zero-order valence-corrected chi connectivity index (χ0v) is 17.7. The number of urea groups is 1. The maximum atomic E-state index is 12.3. The average molecular weight is 425 g/mol. The number of hydrogen-bond donors (Lipinski definition) is 1. The predicted octanol–water partition coefficient (Wildman–Crippen LogP) is 3.36. The van der Waals surface area contributed by atoms with Crippen molar-refractivity contribution in [3.63, 3.8) is 0 Å². The topological polar surface area (TPSA) is 74.8 Å². The van der Waals surface area contributed by atoms with Crippen molar-refractivity contribution < 1.29 is 14.3 Å². The molecule has 3 heterocycles. The third-order valence-corrected chi connectivity index (χ3v) is 5.80. The second-order valence-corrected chi connectivity index (χ2v) is 7.78. The van der Waals surface area contributed by atoms with Crippen molar-refractivity contribution in [3.8, 4) is 11.1 Å². The Labute approximate surface area is 179 Å². The molecule has 0 radical (unpaired) electrons. The minimum absolute atomic E-state index is 0.107. The van der Waals surface area contributed by atoms with Gasteiger partial charge in [0.05, 0.1) is 12.1 Å². The van der Waals surface area contributed by atoms with E-state index >= 15 is 0 Å². The fourth-order valence-electron chi connectivity index (χ4n) is 3.57. The number of amides is 2. The molecule has 1 saturated heterocycles. The van der Waals surface area contributed by atoms with Gasteiger partial charge < -0.3 is 19.9 Å². The fraction of sp³-hybridized carbons (Fsp3) is 0.318. The van der Waals surface area contributed by atoms with E-state index in [1.54, 1.807) is 23.2 Å². The van der Waals surface area contributed by atoms with Crippen molar-refractivity contribution in [2.75, 3.05) is 44.2 Å². The van der Waals surface area contributed by atoms with E-state index in [1.807, 2.05) is 6.07 Å². The molecule has 1 aromatic carbocycles. The molecule has 0 aliphatic carbocycles. The molecule has 2 amide bonds. The number of nitrogens with one attached hydrogen (secondary N) is 1. The summed E-state index contributed by atoms with van der Waals surface area (Å²) in [5.41, 5.74) is 3.30. The molecule has 0 bridgehead atoms.